The number of hydrogen-bond donors (Lipinski definition) is 2. The molecule has 0 spiro atoms. The third-order valence-corrected chi connectivity index (χ3v) is 4.30. The fourth-order valence-corrected chi connectivity index (χ4v) is 3.06. The number of aliphatic hydroxyl groups is 1. The molecule has 1 aromatic rings. The van der Waals surface area contributed by atoms with Gasteiger partial charge in [-0.15, -0.1) is 12.4 Å². The van der Waals surface area contributed by atoms with Crippen LogP contribution in [0.4, 0.5) is 0 Å². The number of nitrogens with one attached hydrogen (secondary N) is 1. The third-order valence-electron chi connectivity index (χ3n) is 3.08. The van der Waals surface area contributed by atoms with Gasteiger partial charge in [-0.05, 0) is 23.8 Å². The van der Waals surface area contributed by atoms with Gasteiger partial charge in [-0.2, -0.15) is 0 Å². The molecule has 1 aromatic carbocycles. The molecule has 1 aliphatic heterocycles. The summed E-state index contributed by atoms with van der Waals surface area (Å²) in [6, 6.07) is 6.17. The largest absolute Gasteiger partial charge is 0.394 e. The molecule has 3 nitrogen and oxygen atoms in total. The summed E-state index contributed by atoms with van der Waals surface area (Å²) in [5.41, 5.74) is 1.14. The molecular weight excluding hydrogens is 383 g/mol. The van der Waals surface area contributed by atoms with E-state index in [0.29, 0.717) is 0 Å². The van der Waals surface area contributed by atoms with E-state index in [-0.39, 0.29) is 25.1 Å². The predicted octanol–water partition coefficient (Wildman–Crippen LogP) is 2.57. The van der Waals surface area contributed by atoms with Crippen molar-refractivity contribution in [2.45, 2.75) is 6.04 Å². The van der Waals surface area contributed by atoms with Crippen molar-refractivity contribution in [2.75, 3.05) is 32.8 Å². The van der Waals surface area contributed by atoms with Crippen LogP contribution in [-0.4, -0.2) is 42.8 Å². The van der Waals surface area contributed by atoms with Gasteiger partial charge in [0.25, 0.3) is 0 Å². The number of piperazine rings is 1. The van der Waals surface area contributed by atoms with Crippen LogP contribution in [0.3, 0.4) is 0 Å². The zero-order chi connectivity index (χ0) is 12.3. The minimum absolute atomic E-state index is 0. The highest BCUT2D eigenvalue weighted by Gasteiger charge is 2.23. The highest BCUT2D eigenvalue weighted by molar-refractivity contribution is 9.11. The summed E-state index contributed by atoms with van der Waals surface area (Å²) < 4.78 is 2.10. The van der Waals surface area contributed by atoms with Crippen molar-refractivity contribution in [2.24, 2.45) is 0 Å². The van der Waals surface area contributed by atoms with Crippen LogP contribution in [0.25, 0.3) is 0 Å². The van der Waals surface area contributed by atoms with Crippen LogP contribution in [0, 0.1) is 0 Å². The quantitative estimate of drug-likeness (QED) is 0.819. The predicted molar refractivity (Wildman–Crippen MR) is 83.4 cm³/mol. The highest BCUT2D eigenvalue weighted by atomic mass is 79.9. The molecule has 1 atom stereocenters. The van der Waals surface area contributed by atoms with Crippen LogP contribution in [0.15, 0.2) is 27.1 Å². The molecule has 1 fully saturated rings. The maximum absolute atomic E-state index is 9.65. The van der Waals surface area contributed by atoms with Crippen molar-refractivity contribution >= 4 is 44.3 Å². The summed E-state index contributed by atoms with van der Waals surface area (Å²) in [5.74, 6) is 0. The monoisotopic (exact) mass is 398 g/mol. The van der Waals surface area contributed by atoms with Crippen LogP contribution < -0.4 is 5.32 Å². The van der Waals surface area contributed by atoms with Crippen molar-refractivity contribution in [3.05, 3.63) is 32.7 Å². The Morgan fingerprint density at radius 1 is 1.28 bits per heavy atom. The lowest BCUT2D eigenvalue weighted by Gasteiger charge is -2.34. The smallest absolute Gasteiger partial charge is 0.0629 e. The first-order chi connectivity index (χ1) is 8.22. The maximum atomic E-state index is 9.65. The lowest BCUT2D eigenvalue weighted by Crippen LogP contribution is -2.46. The average molecular weight is 401 g/mol. The van der Waals surface area contributed by atoms with E-state index in [1.165, 1.54) is 0 Å². The third kappa shape index (κ3) is 3.92. The molecule has 2 rings (SSSR count). The van der Waals surface area contributed by atoms with Crippen molar-refractivity contribution in [1.82, 2.24) is 10.2 Å². The Labute approximate surface area is 131 Å². The second-order valence-electron chi connectivity index (χ2n) is 4.15. The molecule has 0 bridgehead atoms. The van der Waals surface area contributed by atoms with Crippen LogP contribution in [0.2, 0.25) is 0 Å². The fraction of sp³-hybridized carbons (Fsp3) is 0.500. The highest BCUT2D eigenvalue weighted by Crippen LogP contribution is 2.30. The topological polar surface area (TPSA) is 35.5 Å². The molecular formula is C12H17Br2ClN2O. The first kappa shape index (κ1) is 16.4. The Kier molecular flexibility index (Phi) is 7.13. The molecule has 0 aromatic heterocycles. The minimum atomic E-state index is 0. The van der Waals surface area contributed by atoms with Gasteiger partial charge in [0.15, 0.2) is 0 Å². The van der Waals surface area contributed by atoms with E-state index in [1.54, 1.807) is 0 Å². The zero-order valence-corrected chi connectivity index (χ0v) is 13.9. The van der Waals surface area contributed by atoms with Crippen LogP contribution in [0.5, 0.6) is 0 Å². The van der Waals surface area contributed by atoms with Gasteiger partial charge >= 0.3 is 0 Å². The maximum Gasteiger partial charge on any atom is 0.0629 e. The first-order valence-corrected chi connectivity index (χ1v) is 7.31. The minimum Gasteiger partial charge on any atom is -0.394 e. The molecule has 6 heteroatoms. The first-order valence-electron chi connectivity index (χ1n) is 5.73. The second kappa shape index (κ2) is 7.82. The fourth-order valence-electron chi connectivity index (χ4n) is 2.17. The van der Waals surface area contributed by atoms with Gasteiger partial charge in [0.05, 0.1) is 12.6 Å². The molecule has 18 heavy (non-hydrogen) atoms. The van der Waals surface area contributed by atoms with Gasteiger partial charge in [-0.25, -0.2) is 0 Å². The van der Waals surface area contributed by atoms with E-state index in [2.05, 4.69) is 48.1 Å². The Morgan fingerprint density at radius 2 is 1.94 bits per heavy atom. The van der Waals surface area contributed by atoms with Crippen molar-refractivity contribution in [3.8, 4) is 0 Å². The van der Waals surface area contributed by atoms with Crippen LogP contribution >= 0.6 is 44.3 Å². The van der Waals surface area contributed by atoms with E-state index < -0.39 is 0 Å². The number of rotatable bonds is 3. The Bertz CT molecular complexity index is 386. The molecule has 1 aliphatic rings. The molecule has 0 aliphatic carbocycles. The van der Waals surface area contributed by atoms with E-state index in [0.717, 1.165) is 40.7 Å². The molecule has 1 heterocycles. The van der Waals surface area contributed by atoms with E-state index in [1.807, 2.05) is 12.1 Å². The zero-order valence-electron chi connectivity index (χ0n) is 9.90. The second-order valence-corrected chi connectivity index (χ2v) is 5.92. The number of aliphatic hydroxyl groups excluding tert-OH is 1. The lowest BCUT2D eigenvalue weighted by atomic mass is 10.1. The number of halogens is 3. The Balaban J connectivity index is 0.00000162. The van der Waals surface area contributed by atoms with Gasteiger partial charge in [0.1, 0.15) is 0 Å². The summed E-state index contributed by atoms with van der Waals surface area (Å²) >= 11 is 7.05. The molecule has 2 N–H and O–H groups in total. The summed E-state index contributed by atoms with van der Waals surface area (Å²) in [5, 5.41) is 13.0. The number of hydrogen-bond acceptors (Lipinski definition) is 3. The summed E-state index contributed by atoms with van der Waals surface area (Å²) in [6.45, 7) is 4.08. The summed E-state index contributed by atoms with van der Waals surface area (Å²) in [4.78, 5) is 2.32. The molecule has 102 valence electrons. The van der Waals surface area contributed by atoms with E-state index in [4.69, 9.17) is 0 Å². The van der Waals surface area contributed by atoms with E-state index in [9.17, 15) is 5.11 Å². The van der Waals surface area contributed by atoms with Crippen molar-refractivity contribution in [1.29, 1.82) is 0 Å². The van der Waals surface area contributed by atoms with Crippen LogP contribution in [0.1, 0.15) is 11.6 Å². The van der Waals surface area contributed by atoms with Gasteiger partial charge in [-0.1, -0.05) is 31.9 Å². The summed E-state index contributed by atoms with van der Waals surface area (Å²) in [6.07, 6.45) is 0. The molecule has 1 saturated heterocycles. The number of nitrogens with zero attached hydrogens (tertiary/aromatic N) is 1. The normalized spacial score (nSPS) is 18.2. The van der Waals surface area contributed by atoms with Crippen molar-refractivity contribution in [3.63, 3.8) is 0 Å². The average Bonchev–Trinajstić information content (AvgIpc) is 2.36. The van der Waals surface area contributed by atoms with Gasteiger partial charge in [0.2, 0.25) is 0 Å². The van der Waals surface area contributed by atoms with Crippen molar-refractivity contribution < 1.29 is 5.11 Å². The van der Waals surface area contributed by atoms with Gasteiger partial charge in [0, 0.05) is 35.1 Å². The molecule has 0 saturated carbocycles. The van der Waals surface area contributed by atoms with E-state index >= 15 is 0 Å². The standard InChI is InChI=1S/C12H16Br2N2O.ClH/c13-9-1-2-11(14)10(7-9)12(8-17)16-5-3-15-4-6-16;/h1-2,7,12,15,17H,3-6,8H2;1H/t12-;/m0./s1. The van der Waals surface area contributed by atoms with Gasteiger partial charge in [-0.3, -0.25) is 4.90 Å². The molecule has 0 amide bonds. The number of benzene rings is 1. The Morgan fingerprint density at radius 3 is 2.56 bits per heavy atom. The van der Waals surface area contributed by atoms with Crippen LogP contribution in [-0.2, 0) is 0 Å². The van der Waals surface area contributed by atoms with Gasteiger partial charge < -0.3 is 10.4 Å². The Hall–Kier alpha value is 0.350. The lowest BCUT2D eigenvalue weighted by molar-refractivity contribution is 0.110. The SMILES string of the molecule is Cl.OC[C@@H](c1cc(Br)ccc1Br)N1CCNCC1. The summed E-state index contributed by atoms with van der Waals surface area (Å²) in [7, 11) is 0. The molecule has 0 radical (unpaired) electrons. The molecule has 0 unspecified atom stereocenters.